The number of nitrogens with zero attached hydrogens (tertiary/aromatic N) is 3. The predicted octanol–water partition coefficient (Wildman–Crippen LogP) is 3.03. The summed E-state index contributed by atoms with van der Waals surface area (Å²) in [6.45, 7) is 4.78. The van der Waals surface area contributed by atoms with Crippen LogP contribution in [-0.2, 0) is 21.4 Å². The highest BCUT2D eigenvalue weighted by atomic mass is 19.2. The van der Waals surface area contributed by atoms with Gasteiger partial charge in [0.2, 0.25) is 11.8 Å². The topological polar surface area (TPSA) is 94.5 Å². The number of rotatable bonds is 8. The average molecular weight is 440 g/mol. The highest BCUT2D eigenvalue weighted by Crippen LogP contribution is 2.33. The zero-order valence-corrected chi connectivity index (χ0v) is 17.8. The molecule has 1 saturated heterocycles. The Balaban J connectivity index is 1.66. The van der Waals surface area contributed by atoms with Gasteiger partial charge in [-0.1, -0.05) is 19.0 Å². The summed E-state index contributed by atoms with van der Waals surface area (Å²) in [6.07, 6.45) is 1.27. The number of methoxy groups -OCH3 is 1. The van der Waals surface area contributed by atoms with Gasteiger partial charge in [0, 0.05) is 32.2 Å². The van der Waals surface area contributed by atoms with Gasteiger partial charge in [-0.25, -0.2) is 13.2 Å². The van der Waals surface area contributed by atoms with Gasteiger partial charge in [-0.3, -0.25) is 4.79 Å². The fraction of sp³-hybridized carbons (Fsp3) is 0.571. The molecule has 7 nitrogen and oxygen atoms in total. The zero-order valence-electron chi connectivity index (χ0n) is 17.8. The van der Waals surface area contributed by atoms with Crippen molar-refractivity contribution < 1.29 is 27.2 Å². The van der Waals surface area contributed by atoms with E-state index in [9.17, 15) is 18.0 Å². The summed E-state index contributed by atoms with van der Waals surface area (Å²) in [6, 6.07) is 0.134. The number of aromatic nitrogens is 2. The molecule has 0 saturated carbocycles. The lowest BCUT2D eigenvalue weighted by Crippen LogP contribution is -2.36. The molecule has 1 aliphatic heterocycles. The average Bonchev–Trinajstić information content (AvgIpc) is 3.35. The second-order valence-electron chi connectivity index (χ2n) is 8.54. The predicted molar refractivity (Wildman–Crippen MR) is 106 cm³/mol. The van der Waals surface area contributed by atoms with E-state index in [4.69, 9.17) is 15.0 Å². The molecule has 0 bridgehead atoms. The number of nitrogens with two attached hydrogens (primary N) is 1. The molecule has 3 rings (SSSR count). The van der Waals surface area contributed by atoms with E-state index in [2.05, 4.69) is 10.1 Å². The Morgan fingerprint density at radius 2 is 2.03 bits per heavy atom. The molecule has 31 heavy (non-hydrogen) atoms. The maximum Gasteiger partial charge on any atom is 0.249 e. The molecule has 1 amide bonds. The number of carbonyl (C=O) groups is 1. The minimum Gasteiger partial charge on any atom is -0.384 e. The van der Waals surface area contributed by atoms with Crippen LogP contribution in [0.5, 0.6) is 0 Å². The lowest BCUT2D eigenvalue weighted by atomic mass is 9.94. The molecule has 2 heterocycles. The Labute approximate surface area is 178 Å². The van der Waals surface area contributed by atoms with Crippen LogP contribution in [0.15, 0.2) is 16.7 Å². The standard InChI is InChI=1S/C21H27F3N4O3/c1-21(2,11-30-3)20-26-19(31-27-20)17-5-4-6-28(17)18(29)9-13(25)7-12-8-15(23)16(24)10-14(12)22/h8,10,13,17H,4-7,9,11,25H2,1-3H3. The zero-order chi connectivity index (χ0) is 22.8. The fourth-order valence-electron chi connectivity index (χ4n) is 3.81. The van der Waals surface area contributed by atoms with E-state index >= 15 is 0 Å². The Hall–Kier alpha value is -2.46. The van der Waals surface area contributed by atoms with Gasteiger partial charge in [-0.05, 0) is 30.9 Å². The van der Waals surface area contributed by atoms with Gasteiger partial charge in [0.05, 0.1) is 12.0 Å². The van der Waals surface area contributed by atoms with Crippen molar-refractivity contribution in [1.82, 2.24) is 15.0 Å². The van der Waals surface area contributed by atoms with Crippen molar-refractivity contribution in [2.24, 2.45) is 5.73 Å². The molecule has 1 fully saturated rings. The molecule has 10 heteroatoms. The van der Waals surface area contributed by atoms with Crippen LogP contribution in [0.25, 0.3) is 0 Å². The summed E-state index contributed by atoms with van der Waals surface area (Å²) >= 11 is 0. The van der Waals surface area contributed by atoms with E-state index in [1.54, 1.807) is 12.0 Å². The number of benzene rings is 1. The summed E-state index contributed by atoms with van der Waals surface area (Å²) in [4.78, 5) is 19.0. The third-order valence-electron chi connectivity index (χ3n) is 5.42. The number of hydrogen-bond acceptors (Lipinski definition) is 6. The van der Waals surface area contributed by atoms with Crippen molar-refractivity contribution in [3.63, 3.8) is 0 Å². The molecule has 2 N–H and O–H groups in total. The Morgan fingerprint density at radius 3 is 2.74 bits per heavy atom. The molecular formula is C21H27F3N4O3. The summed E-state index contributed by atoms with van der Waals surface area (Å²) in [5, 5.41) is 4.05. The first kappa shape index (κ1) is 23.2. The van der Waals surface area contributed by atoms with Gasteiger partial charge in [-0.2, -0.15) is 4.98 Å². The largest absolute Gasteiger partial charge is 0.384 e. The highest BCUT2D eigenvalue weighted by molar-refractivity contribution is 5.77. The minimum atomic E-state index is -1.27. The van der Waals surface area contributed by atoms with Crippen molar-refractivity contribution in [3.05, 3.63) is 46.9 Å². The second-order valence-corrected chi connectivity index (χ2v) is 8.54. The van der Waals surface area contributed by atoms with E-state index in [1.165, 1.54) is 0 Å². The van der Waals surface area contributed by atoms with E-state index in [1.807, 2.05) is 13.8 Å². The molecule has 2 unspecified atom stereocenters. The van der Waals surface area contributed by atoms with E-state index in [0.717, 1.165) is 12.5 Å². The molecule has 0 radical (unpaired) electrons. The van der Waals surface area contributed by atoms with Crippen molar-refractivity contribution in [2.75, 3.05) is 20.3 Å². The van der Waals surface area contributed by atoms with E-state index in [0.29, 0.717) is 37.4 Å². The summed E-state index contributed by atoms with van der Waals surface area (Å²) < 4.78 is 51.0. The molecule has 1 aromatic heterocycles. The first-order valence-corrected chi connectivity index (χ1v) is 10.1. The number of likely N-dealkylation sites (tertiary alicyclic amines) is 1. The van der Waals surface area contributed by atoms with Crippen LogP contribution in [0.4, 0.5) is 13.2 Å². The molecule has 0 spiro atoms. The third-order valence-corrected chi connectivity index (χ3v) is 5.42. The van der Waals surface area contributed by atoms with Crippen LogP contribution in [0.2, 0.25) is 0 Å². The SMILES string of the molecule is COCC(C)(C)c1noc(C2CCCN2C(=O)CC(N)Cc2cc(F)c(F)cc2F)n1. The maximum atomic E-state index is 13.9. The van der Waals surface area contributed by atoms with Crippen molar-refractivity contribution >= 4 is 5.91 Å². The lowest BCUT2D eigenvalue weighted by molar-refractivity contribution is -0.132. The molecule has 2 atom stereocenters. The van der Waals surface area contributed by atoms with Crippen LogP contribution < -0.4 is 5.73 Å². The molecule has 1 aliphatic rings. The van der Waals surface area contributed by atoms with Gasteiger partial charge < -0.3 is 19.9 Å². The van der Waals surface area contributed by atoms with Crippen molar-refractivity contribution in [1.29, 1.82) is 0 Å². The van der Waals surface area contributed by atoms with Gasteiger partial charge in [0.25, 0.3) is 0 Å². The minimum absolute atomic E-state index is 0.0703. The highest BCUT2D eigenvalue weighted by Gasteiger charge is 2.36. The molecular weight excluding hydrogens is 413 g/mol. The third kappa shape index (κ3) is 5.24. The van der Waals surface area contributed by atoms with Crippen LogP contribution in [0.3, 0.4) is 0 Å². The summed E-state index contributed by atoms with van der Waals surface area (Å²) in [5.74, 6) is -2.71. The quantitative estimate of drug-likeness (QED) is 0.634. The number of carbonyl (C=O) groups excluding carboxylic acids is 1. The van der Waals surface area contributed by atoms with Gasteiger partial charge in [-0.15, -0.1) is 0 Å². The molecule has 0 aliphatic carbocycles. The van der Waals surface area contributed by atoms with Gasteiger partial charge >= 0.3 is 0 Å². The normalized spacial score (nSPS) is 17.9. The monoisotopic (exact) mass is 440 g/mol. The molecule has 2 aromatic rings. The summed E-state index contributed by atoms with van der Waals surface area (Å²) in [5.41, 5.74) is 5.50. The maximum absolute atomic E-state index is 13.9. The first-order valence-electron chi connectivity index (χ1n) is 10.1. The fourth-order valence-corrected chi connectivity index (χ4v) is 3.81. The Kier molecular flexibility index (Phi) is 7.00. The Morgan fingerprint density at radius 1 is 1.32 bits per heavy atom. The first-order chi connectivity index (χ1) is 14.6. The van der Waals surface area contributed by atoms with Crippen LogP contribution in [0, 0.1) is 17.5 Å². The van der Waals surface area contributed by atoms with Crippen molar-refractivity contribution in [3.8, 4) is 0 Å². The van der Waals surface area contributed by atoms with E-state index in [-0.39, 0.29) is 30.4 Å². The van der Waals surface area contributed by atoms with E-state index < -0.39 is 28.9 Å². The van der Waals surface area contributed by atoms with Crippen LogP contribution >= 0.6 is 0 Å². The number of ether oxygens (including phenoxy) is 1. The number of hydrogen-bond donors (Lipinski definition) is 1. The molecule has 1 aromatic carbocycles. The van der Waals surface area contributed by atoms with Gasteiger partial charge in [0.15, 0.2) is 17.5 Å². The van der Waals surface area contributed by atoms with Crippen LogP contribution in [0.1, 0.15) is 56.4 Å². The summed E-state index contributed by atoms with van der Waals surface area (Å²) in [7, 11) is 1.59. The Bertz CT molecular complexity index is 935. The smallest absolute Gasteiger partial charge is 0.249 e. The van der Waals surface area contributed by atoms with Gasteiger partial charge in [0.1, 0.15) is 11.9 Å². The van der Waals surface area contributed by atoms with Crippen molar-refractivity contribution in [2.45, 2.75) is 57.0 Å². The number of amides is 1. The lowest BCUT2D eigenvalue weighted by Gasteiger charge is -2.24. The number of halogens is 3. The van der Waals surface area contributed by atoms with Crippen LogP contribution in [-0.4, -0.2) is 47.3 Å². The molecule has 170 valence electrons. The second kappa shape index (κ2) is 9.35.